The van der Waals surface area contributed by atoms with Crippen molar-refractivity contribution >= 4 is 59.5 Å². The van der Waals surface area contributed by atoms with Crippen LogP contribution in [0.4, 0.5) is 4.79 Å². The minimum atomic E-state index is -1.42. The number of hydrogen-bond acceptors (Lipinski definition) is 15. The summed E-state index contributed by atoms with van der Waals surface area (Å²) >= 11 is 0.879. The first kappa shape index (κ1) is 45.2. The molecule has 8 atom stereocenters. The molecule has 1 aromatic carbocycles. The summed E-state index contributed by atoms with van der Waals surface area (Å²) in [6.07, 6.45) is -4.81. The van der Waals surface area contributed by atoms with Crippen LogP contribution >= 0.6 is 11.8 Å². The fourth-order valence-electron chi connectivity index (χ4n) is 4.88. The molecule has 4 amide bonds. The van der Waals surface area contributed by atoms with Gasteiger partial charge < -0.3 is 49.7 Å². The van der Waals surface area contributed by atoms with Crippen molar-refractivity contribution in [2.75, 3.05) is 12.4 Å². The molecule has 54 heavy (non-hydrogen) atoms. The smallest absolute Gasteiger partial charge is 0.408 e. The summed E-state index contributed by atoms with van der Waals surface area (Å²) in [7, 11) is 0. The molecular weight excluding hydrogens is 732 g/mol. The zero-order valence-electron chi connectivity index (χ0n) is 31.8. The molecule has 19 heteroatoms. The van der Waals surface area contributed by atoms with Gasteiger partial charge in [-0.05, 0) is 40.2 Å². The molecule has 0 aliphatic carbocycles. The van der Waals surface area contributed by atoms with Gasteiger partial charge in [0.1, 0.15) is 54.5 Å². The number of esters is 4. The molecule has 300 valence electrons. The minimum Gasteiger partial charge on any atom is -0.463 e. The van der Waals surface area contributed by atoms with E-state index in [1.54, 1.807) is 51.1 Å². The van der Waals surface area contributed by atoms with E-state index < -0.39 is 108 Å². The number of hydrogen-bond donors (Lipinski definition) is 4. The first-order valence-corrected chi connectivity index (χ1v) is 18.0. The molecular formula is C35H50N4O14S. The van der Waals surface area contributed by atoms with Crippen molar-refractivity contribution in [1.29, 1.82) is 0 Å². The van der Waals surface area contributed by atoms with Crippen LogP contribution in [0.5, 0.6) is 0 Å². The summed E-state index contributed by atoms with van der Waals surface area (Å²) < 4.78 is 32.8. The highest BCUT2D eigenvalue weighted by Crippen LogP contribution is 2.33. The second-order valence-corrected chi connectivity index (χ2v) is 14.4. The van der Waals surface area contributed by atoms with Gasteiger partial charge >= 0.3 is 30.0 Å². The predicted octanol–water partition coefficient (Wildman–Crippen LogP) is 1.02. The Labute approximate surface area is 317 Å². The Kier molecular flexibility index (Phi) is 17.7. The van der Waals surface area contributed by atoms with E-state index in [4.69, 9.17) is 28.4 Å². The SMILES string of the molecule is CC(=O)N[C@@H]1[C@@H](OC(C)=O)[C@@H](OC(C)=O)[C@@H](COC(C)=O)O[C@@H]1SC[C@H](NC(=O)[C@H](C)NC(=O)OC(C)(C)C)C(=O)N[C@@H](C)C(=O)OCc1ccccc1. The van der Waals surface area contributed by atoms with Crippen molar-refractivity contribution in [1.82, 2.24) is 21.3 Å². The molecule has 18 nitrogen and oxygen atoms in total. The van der Waals surface area contributed by atoms with Crippen molar-refractivity contribution < 1.29 is 66.8 Å². The van der Waals surface area contributed by atoms with E-state index in [9.17, 15) is 38.4 Å². The Hall–Kier alpha value is -4.91. The van der Waals surface area contributed by atoms with Crippen LogP contribution in [-0.2, 0) is 68.6 Å². The standard InChI is InChI=1S/C35H50N4O14S/c1-18(37-34(47)53-35(7,8)9)30(44)39-25(31(45)36-19(2)32(46)49-15-24-13-11-10-12-14-24)17-54-33-27(38-20(3)40)29(51-23(6)43)28(50-22(5)42)26(52-33)16-48-21(4)41/h10-14,18-19,25-29,33H,15-17H2,1-9H3,(H,36,45)(H,37,47)(H,38,40)(H,39,44)/t18-,19-,25-,26+,27+,28-,29+,33+/m0/s1. The average molecular weight is 783 g/mol. The van der Waals surface area contributed by atoms with Gasteiger partial charge in [0.15, 0.2) is 12.2 Å². The summed E-state index contributed by atoms with van der Waals surface area (Å²) in [5.74, 6) is -5.55. The fraction of sp³-hybridized carbons (Fsp3) is 0.600. The zero-order chi connectivity index (χ0) is 40.7. The highest BCUT2D eigenvalue weighted by atomic mass is 32.2. The molecule has 1 aromatic rings. The molecule has 0 spiro atoms. The van der Waals surface area contributed by atoms with Crippen LogP contribution in [0.2, 0.25) is 0 Å². The monoisotopic (exact) mass is 782 g/mol. The summed E-state index contributed by atoms with van der Waals surface area (Å²) in [5, 5.41) is 10.1. The largest absolute Gasteiger partial charge is 0.463 e. The number of amides is 4. The molecule has 0 radical (unpaired) electrons. The van der Waals surface area contributed by atoms with Crippen molar-refractivity contribution in [3.63, 3.8) is 0 Å². The molecule has 1 fully saturated rings. The lowest BCUT2D eigenvalue weighted by atomic mass is 9.97. The summed E-state index contributed by atoms with van der Waals surface area (Å²) in [4.78, 5) is 101. The van der Waals surface area contributed by atoms with E-state index >= 15 is 0 Å². The second kappa shape index (κ2) is 21.1. The van der Waals surface area contributed by atoms with Gasteiger partial charge in [-0.3, -0.25) is 28.8 Å². The van der Waals surface area contributed by atoms with Gasteiger partial charge in [-0.1, -0.05) is 30.3 Å². The quantitative estimate of drug-likeness (QED) is 0.135. The molecule has 1 aliphatic rings. The molecule has 4 N–H and O–H groups in total. The van der Waals surface area contributed by atoms with Gasteiger partial charge in [0.05, 0.1) is 0 Å². The van der Waals surface area contributed by atoms with Crippen molar-refractivity contribution in [3.05, 3.63) is 35.9 Å². The van der Waals surface area contributed by atoms with Crippen LogP contribution in [0.3, 0.4) is 0 Å². The van der Waals surface area contributed by atoms with Crippen molar-refractivity contribution in [3.8, 4) is 0 Å². The second-order valence-electron chi connectivity index (χ2n) is 13.3. The molecule has 1 aliphatic heterocycles. The number of benzene rings is 1. The van der Waals surface area contributed by atoms with Crippen molar-refractivity contribution in [2.24, 2.45) is 0 Å². The Morgan fingerprint density at radius 3 is 1.94 bits per heavy atom. The third kappa shape index (κ3) is 16.0. The lowest BCUT2D eigenvalue weighted by Gasteiger charge is -2.45. The maximum Gasteiger partial charge on any atom is 0.408 e. The molecule has 1 saturated heterocycles. The topological polar surface area (TPSA) is 240 Å². The van der Waals surface area contributed by atoms with E-state index in [2.05, 4.69) is 21.3 Å². The van der Waals surface area contributed by atoms with Crippen LogP contribution in [0.1, 0.15) is 67.9 Å². The van der Waals surface area contributed by atoms with Gasteiger partial charge in [0, 0.05) is 33.4 Å². The molecule has 0 unspecified atom stereocenters. The number of nitrogens with one attached hydrogen (secondary N) is 4. The Bertz CT molecular complexity index is 1500. The lowest BCUT2D eigenvalue weighted by Crippen LogP contribution is -2.65. The van der Waals surface area contributed by atoms with Crippen molar-refractivity contribution in [2.45, 2.75) is 122 Å². The van der Waals surface area contributed by atoms with E-state index in [0.717, 1.165) is 32.5 Å². The van der Waals surface area contributed by atoms with Gasteiger partial charge in [-0.15, -0.1) is 11.8 Å². The summed E-state index contributed by atoms with van der Waals surface area (Å²) in [5.41, 5.74) is -1.32. The molecule has 0 aromatic heterocycles. The minimum absolute atomic E-state index is 0.0559. The van der Waals surface area contributed by atoms with Crippen LogP contribution in [0.15, 0.2) is 30.3 Å². The first-order valence-electron chi connectivity index (χ1n) is 17.0. The Morgan fingerprint density at radius 1 is 0.778 bits per heavy atom. The Morgan fingerprint density at radius 2 is 1.39 bits per heavy atom. The molecule has 2 rings (SSSR count). The van der Waals surface area contributed by atoms with E-state index in [0.29, 0.717) is 5.56 Å². The zero-order valence-corrected chi connectivity index (χ0v) is 32.6. The normalized spacial score (nSPS) is 21.1. The fourth-order valence-corrected chi connectivity index (χ4v) is 6.15. The lowest BCUT2D eigenvalue weighted by molar-refractivity contribution is -0.211. The van der Waals surface area contributed by atoms with E-state index in [1.165, 1.54) is 20.8 Å². The number of carbonyl (C=O) groups excluding carboxylic acids is 8. The van der Waals surface area contributed by atoms with E-state index in [1.807, 2.05) is 0 Å². The number of alkyl carbamates (subject to hydrolysis) is 1. The number of ether oxygens (including phenoxy) is 6. The van der Waals surface area contributed by atoms with Gasteiger partial charge in [0.25, 0.3) is 0 Å². The molecule has 0 bridgehead atoms. The Balaban J connectivity index is 2.40. The van der Waals surface area contributed by atoms with Crippen LogP contribution in [0, 0.1) is 0 Å². The van der Waals surface area contributed by atoms with Gasteiger partial charge in [-0.2, -0.15) is 0 Å². The third-order valence-corrected chi connectivity index (χ3v) is 8.45. The molecule has 0 saturated carbocycles. The number of rotatable bonds is 16. The summed E-state index contributed by atoms with van der Waals surface area (Å²) in [6, 6.07) is 3.87. The maximum absolute atomic E-state index is 13.7. The average Bonchev–Trinajstić information content (AvgIpc) is 3.05. The first-order chi connectivity index (χ1) is 25.2. The highest BCUT2D eigenvalue weighted by Gasteiger charge is 2.51. The predicted molar refractivity (Wildman–Crippen MR) is 191 cm³/mol. The number of carbonyl (C=O) groups is 8. The van der Waals surface area contributed by atoms with Crippen LogP contribution in [0.25, 0.3) is 0 Å². The molecule has 1 heterocycles. The number of thioether (sulfide) groups is 1. The highest BCUT2D eigenvalue weighted by molar-refractivity contribution is 7.99. The maximum atomic E-state index is 13.7. The third-order valence-electron chi connectivity index (χ3n) is 7.19. The van der Waals surface area contributed by atoms with Crippen LogP contribution < -0.4 is 21.3 Å². The van der Waals surface area contributed by atoms with Crippen LogP contribution in [-0.4, -0.2) is 114 Å². The van der Waals surface area contributed by atoms with E-state index in [-0.39, 0.29) is 12.4 Å². The summed E-state index contributed by atoms with van der Waals surface area (Å²) in [6.45, 7) is 11.7. The van der Waals surface area contributed by atoms with Gasteiger partial charge in [-0.25, -0.2) is 9.59 Å². The van der Waals surface area contributed by atoms with Gasteiger partial charge in [0.2, 0.25) is 17.7 Å².